The van der Waals surface area contributed by atoms with Crippen LogP contribution in [0.1, 0.15) is 11.1 Å². The monoisotopic (exact) mass is 425 g/mol. The Labute approximate surface area is 177 Å². The maximum atomic E-state index is 14.6. The second kappa shape index (κ2) is 8.55. The van der Waals surface area contributed by atoms with E-state index in [1.165, 1.54) is 13.2 Å². The molecule has 0 radical (unpaired) electrons. The van der Waals surface area contributed by atoms with Gasteiger partial charge in [0.25, 0.3) is 0 Å². The van der Waals surface area contributed by atoms with Crippen LogP contribution in [0.2, 0.25) is 5.02 Å². The van der Waals surface area contributed by atoms with Crippen LogP contribution in [0.5, 0.6) is 5.88 Å². The fourth-order valence-corrected chi connectivity index (χ4v) is 3.32. The van der Waals surface area contributed by atoms with Crippen molar-refractivity contribution in [3.63, 3.8) is 0 Å². The summed E-state index contributed by atoms with van der Waals surface area (Å²) in [6.07, 6.45) is 1.58. The van der Waals surface area contributed by atoms with E-state index in [2.05, 4.69) is 9.72 Å². The molecule has 0 amide bonds. The molecule has 7 heteroatoms. The van der Waals surface area contributed by atoms with Crippen LogP contribution in [0.4, 0.5) is 4.39 Å². The van der Waals surface area contributed by atoms with E-state index in [0.717, 1.165) is 10.9 Å². The summed E-state index contributed by atoms with van der Waals surface area (Å²) in [7, 11) is 1.30. The fourth-order valence-electron chi connectivity index (χ4n) is 3.11. The fraction of sp³-hybridized carbons (Fsp3) is 0.130. The van der Waals surface area contributed by atoms with Gasteiger partial charge in [0, 0.05) is 22.6 Å². The van der Waals surface area contributed by atoms with Gasteiger partial charge in [-0.25, -0.2) is 9.37 Å². The molecule has 0 atom stereocenters. The van der Waals surface area contributed by atoms with Gasteiger partial charge in [-0.1, -0.05) is 29.8 Å². The molecule has 0 unspecified atom stereocenters. The van der Waals surface area contributed by atoms with Gasteiger partial charge in [-0.15, -0.1) is 0 Å². The quantitative estimate of drug-likeness (QED) is 0.377. The van der Waals surface area contributed by atoms with E-state index in [-0.39, 0.29) is 13.0 Å². The second-order valence-electron chi connectivity index (χ2n) is 6.59. The van der Waals surface area contributed by atoms with E-state index in [1.807, 2.05) is 6.07 Å². The summed E-state index contributed by atoms with van der Waals surface area (Å²) in [6.45, 7) is 0.220. The van der Waals surface area contributed by atoms with Gasteiger partial charge in [-0.05, 0) is 35.9 Å². The molecule has 2 heterocycles. The molecule has 0 saturated heterocycles. The van der Waals surface area contributed by atoms with Crippen molar-refractivity contribution >= 4 is 28.5 Å². The van der Waals surface area contributed by atoms with Crippen molar-refractivity contribution in [3.8, 4) is 17.1 Å². The van der Waals surface area contributed by atoms with Gasteiger partial charge >= 0.3 is 5.97 Å². The Bertz CT molecular complexity index is 1220. The summed E-state index contributed by atoms with van der Waals surface area (Å²) in [4.78, 5) is 15.8. The molecule has 4 aromatic rings. The first-order chi connectivity index (χ1) is 14.5. The summed E-state index contributed by atoms with van der Waals surface area (Å²) >= 11 is 6.16. The molecular weight excluding hydrogens is 409 g/mol. The molecule has 0 bridgehead atoms. The molecule has 0 aliphatic rings. The van der Waals surface area contributed by atoms with Gasteiger partial charge < -0.3 is 13.9 Å². The average Bonchev–Trinajstić information content (AvgIpc) is 3.24. The Balaban J connectivity index is 1.53. The van der Waals surface area contributed by atoms with E-state index in [1.54, 1.807) is 48.7 Å². The standard InChI is InChI=1S/C23H17ClFNO4/c1-28-22(27)12-14-5-7-17(19(25)11-14)20-3-2-4-21(26-20)30-13-15-6-8-18(24)16-9-10-29-23(15)16/h2-11H,12-13H2,1H3. The highest BCUT2D eigenvalue weighted by molar-refractivity contribution is 6.35. The first kappa shape index (κ1) is 19.9. The van der Waals surface area contributed by atoms with Crippen LogP contribution in [0.15, 0.2) is 65.3 Å². The topological polar surface area (TPSA) is 61.6 Å². The highest BCUT2D eigenvalue weighted by Gasteiger charge is 2.12. The molecule has 0 fully saturated rings. The number of hydrogen-bond acceptors (Lipinski definition) is 5. The number of aromatic nitrogens is 1. The highest BCUT2D eigenvalue weighted by Crippen LogP contribution is 2.29. The number of nitrogens with zero attached hydrogens (tertiary/aromatic N) is 1. The first-order valence-corrected chi connectivity index (χ1v) is 9.53. The van der Waals surface area contributed by atoms with Crippen molar-refractivity contribution in [2.75, 3.05) is 7.11 Å². The second-order valence-corrected chi connectivity index (χ2v) is 6.99. The van der Waals surface area contributed by atoms with Gasteiger partial charge in [-0.3, -0.25) is 4.79 Å². The molecule has 2 aromatic heterocycles. The van der Waals surface area contributed by atoms with Crippen molar-refractivity contribution in [1.29, 1.82) is 0 Å². The molecule has 152 valence electrons. The highest BCUT2D eigenvalue weighted by atomic mass is 35.5. The number of carbonyl (C=O) groups is 1. The maximum absolute atomic E-state index is 14.6. The molecule has 0 aliphatic carbocycles. The number of methoxy groups -OCH3 is 1. The van der Waals surface area contributed by atoms with Crippen molar-refractivity contribution in [2.45, 2.75) is 13.0 Å². The summed E-state index contributed by atoms with van der Waals surface area (Å²) in [5.74, 6) is -0.556. The predicted octanol–water partition coefficient (Wildman–Crippen LogP) is 5.58. The van der Waals surface area contributed by atoms with Crippen LogP contribution in [-0.4, -0.2) is 18.1 Å². The third kappa shape index (κ3) is 4.14. The third-order valence-corrected chi connectivity index (χ3v) is 4.96. The van der Waals surface area contributed by atoms with E-state index < -0.39 is 11.8 Å². The lowest BCUT2D eigenvalue weighted by Crippen LogP contribution is -2.05. The Hall–Kier alpha value is -3.38. The summed E-state index contributed by atoms with van der Waals surface area (Å²) in [6, 6.07) is 15.1. The van der Waals surface area contributed by atoms with Crippen LogP contribution in [0.25, 0.3) is 22.2 Å². The van der Waals surface area contributed by atoms with Gasteiger partial charge in [0.05, 0.1) is 30.5 Å². The molecule has 30 heavy (non-hydrogen) atoms. The van der Waals surface area contributed by atoms with Crippen molar-refractivity contribution in [3.05, 3.63) is 82.8 Å². The van der Waals surface area contributed by atoms with Gasteiger partial charge in [-0.2, -0.15) is 0 Å². The van der Waals surface area contributed by atoms with Crippen LogP contribution < -0.4 is 4.74 Å². The minimum atomic E-state index is -0.476. The van der Waals surface area contributed by atoms with Gasteiger partial charge in [0.15, 0.2) is 0 Å². The number of esters is 1. The van der Waals surface area contributed by atoms with Crippen LogP contribution in [0.3, 0.4) is 0 Å². The van der Waals surface area contributed by atoms with Crippen molar-refractivity contribution < 1.29 is 23.1 Å². The maximum Gasteiger partial charge on any atom is 0.309 e. The molecule has 0 aliphatic heterocycles. The Morgan fingerprint density at radius 2 is 2.03 bits per heavy atom. The largest absolute Gasteiger partial charge is 0.473 e. The lowest BCUT2D eigenvalue weighted by molar-refractivity contribution is -0.139. The number of pyridine rings is 1. The SMILES string of the molecule is COC(=O)Cc1ccc(-c2cccc(OCc3ccc(Cl)c4ccoc34)n2)c(F)c1. The molecular formula is C23H17ClFNO4. The Morgan fingerprint density at radius 1 is 1.17 bits per heavy atom. The normalized spacial score (nSPS) is 10.9. The molecule has 5 nitrogen and oxygen atoms in total. The molecule has 4 rings (SSSR count). The predicted molar refractivity (Wildman–Crippen MR) is 111 cm³/mol. The summed E-state index contributed by atoms with van der Waals surface area (Å²) in [5.41, 5.74) is 2.75. The van der Waals surface area contributed by atoms with E-state index in [9.17, 15) is 9.18 Å². The average molecular weight is 426 g/mol. The lowest BCUT2D eigenvalue weighted by Gasteiger charge is -2.09. The summed E-state index contributed by atoms with van der Waals surface area (Å²) in [5, 5.41) is 1.42. The zero-order valence-electron chi connectivity index (χ0n) is 16.0. The number of rotatable bonds is 6. The number of furan rings is 1. The van der Waals surface area contributed by atoms with E-state index in [0.29, 0.717) is 33.3 Å². The first-order valence-electron chi connectivity index (χ1n) is 9.15. The number of fused-ring (bicyclic) bond motifs is 1. The zero-order valence-corrected chi connectivity index (χ0v) is 16.8. The number of hydrogen-bond donors (Lipinski definition) is 0. The molecule has 0 saturated carbocycles. The summed E-state index contributed by atoms with van der Waals surface area (Å²) < 4.78 is 30.5. The Kier molecular flexibility index (Phi) is 5.68. The van der Waals surface area contributed by atoms with Crippen molar-refractivity contribution in [1.82, 2.24) is 4.98 Å². The van der Waals surface area contributed by atoms with E-state index >= 15 is 0 Å². The smallest absolute Gasteiger partial charge is 0.309 e. The van der Waals surface area contributed by atoms with Crippen LogP contribution in [0, 0.1) is 5.82 Å². The lowest BCUT2D eigenvalue weighted by atomic mass is 10.1. The molecule has 0 spiro atoms. The van der Waals surface area contributed by atoms with E-state index in [4.69, 9.17) is 20.8 Å². The molecule has 2 aromatic carbocycles. The zero-order chi connectivity index (χ0) is 21.1. The van der Waals surface area contributed by atoms with Crippen molar-refractivity contribution in [2.24, 2.45) is 0 Å². The third-order valence-electron chi connectivity index (χ3n) is 4.63. The minimum absolute atomic E-state index is 0.00657. The molecule has 0 N–H and O–H groups in total. The number of ether oxygens (including phenoxy) is 2. The van der Waals surface area contributed by atoms with Gasteiger partial charge in [0.1, 0.15) is 18.0 Å². The minimum Gasteiger partial charge on any atom is -0.473 e. The Morgan fingerprint density at radius 3 is 2.83 bits per heavy atom. The number of halogens is 2. The van der Waals surface area contributed by atoms with Crippen LogP contribution in [-0.2, 0) is 22.6 Å². The number of carbonyl (C=O) groups excluding carboxylic acids is 1. The number of benzene rings is 2. The van der Waals surface area contributed by atoms with Gasteiger partial charge in [0.2, 0.25) is 5.88 Å². The van der Waals surface area contributed by atoms with Crippen LogP contribution >= 0.6 is 11.6 Å².